The van der Waals surface area contributed by atoms with Gasteiger partial charge in [-0.15, -0.1) is 0 Å². The Morgan fingerprint density at radius 1 is 1.08 bits per heavy atom. The van der Waals surface area contributed by atoms with Crippen LogP contribution in [-0.4, -0.2) is 33.5 Å². The maximum absolute atomic E-state index is 11.8. The van der Waals surface area contributed by atoms with Gasteiger partial charge in [0, 0.05) is 17.7 Å². The number of nitrogens with one attached hydrogen (secondary N) is 1. The fourth-order valence-electron chi connectivity index (χ4n) is 2.10. The molecule has 0 saturated heterocycles. The number of carbonyl (C=O) groups is 1. The second-order valence-electron chi connectivity index (χ2n) is 4.80. The second kappa shape index (κ2) is 10.1. The number of rotatable bonds is 7. The van der Waals surface area contributed by atoms with E-state index in [1.165, 1.54) is 27.5 Å². The third kappa shape index (κ3) is 5.65. The first kappa shape index (κ1) is 20.2. The fraction of sp³-hybridized carbons (Fsp3) is 0.235. The van der Waals surface area contributed by atoms with Crippen molar-refractivity contribution < 1.29 is 36.0 Å². The van der Waals surface area contributed by atoms with Gasteiger partial charge < -0.3 is 26.6 Å². The first-order chi connectivity index (χ1) is 11.7. The first-order valence-electron chi connectivity index (χ1n) is 7.24. The van der Waals surface area contributed by atoms with Crippen LogP contribution in [0.1, 0.15) is 5.56 Å². The van der Waals surface area contributed by atoms with Gasteiger partial charge in [0.25, 0.3) is 0 Å². The van der Waals surface area contributed by atoms with Crippen LogP contribution < -0.4 is 36.6 Å². The maximum Gasteiger partial charge on any atom is 0.305 e. The summed E-state index contributed by atoms with van der Waals surface area (Å²) in [5.41, 5.74) is 3.19. The van der Waals surface area contributed by atoms with E-state index in [1.54, 1.807) is 16.7 Å². The SMILES string of the molecule is COc1cc(/C=N\NC(=O)C[n+]2ccccc2)cc(OC)c1OC.[Cl-]. The zero-order valence-electron chi connectivity index (χ0n) is 14.2. The van der Waals surface area contributed by atoms with Crippen molar-refractivity contribution >= 4 is 12.1 Å². The van der Waals surface area contributed by atoms with Crippen LogP contribution in [0.4, 0.5) is 0 Å². The third-order valence-electron chi connectivity index (χ3n) is 3.19. The number of hydrogen-bond acceptors (Lipinski definition) is 5. The highest BCUT2D eigenvalue weighted by molar-refractivity contribution is 5.84. The monoisotopic (exact) mass is 365 g/mol. The van der Waals surface area contributed by atoms with Gasteiger partial charge in [0.1, 0.15) is 0 Å². The molecule has 8 heteroatoms. The van der Waals surface area contributed by atoms with Crippen molar-refractivity contribution in [3.05, 3.63) is 48.3 Å². The summed E-state index contributed by atoms with van der Waals surface area (Å²) in [5.74, 6) is 1.31. The Labute approximate surface area is 152 Å². The van der Waals surface area contributed by atoms with E-state index in [2.05, 4.69) is 10.5 Å². The van der Waals surface area contributed by atoms with Gasteiger partial charge >= 0.3 is 5.91 Å². The predicted molar refractivity (Wildman–Crippen MR) is 88.5 cm³/mol. The molecule has 0 fully saturated rings. The van der Waals surface area contributed by atoms with Crippen molar-refractivity contribution in [3.63, 3.8) is 0 Å². The molecule has 1 amide bonds. The topological polar surface area (TPSA) is 73.0 Å². The number of methoxy groups -OCH3 is 3. The summed E-state index contributed by atoms with van der Waals surface area (Å²) in [6, 6.07) is 9.07. The maximum atomic E-state index is 11.8. The van der Waals surface area contributed by atoms with Crippen LogP contribution in [0.3, 0.4) is 0 Å². The number of nitrogens with zero attached hydrogens (tertiary/aromatic N) is 2. The van der Waals surface area contributed by atoms with E-state index in [0.717, 1.165) is 0 Å². The number of benzene rings is 1. The lowest BCUT2D eigenvalue weighted by atomic mass is 10.2. The minimum Gasteiger partial charge on any atom is -1.00 e. The summed E-state index contributed by atoms with van der Waals surface area (Å²) in [5, 5.41) is 3.95. The summed E-state index contributed by atoms with van der Waals surface area (Å²) in [6.45, 7) is 0.188. The molecule has 0 saturated carbocycles. The lowest BCUT2D eigenvalue weighted by Crippen LogP contribution is -3.00. The van der Waals surface area contributed by atoms with Gasteiger partial charge in [-0.2, -0.15) is 9.67 Å². The van der Waals surface area contributed by atoms with E-state index in [9.17, 15) is 4.79 Å². The van der Waals surface area contributed by atoms with Crippen LogP contribution in [0.25, 0.3) is 0 Å². The zero-order valence-corrected chi connectivity index (χ0v) is 15.0. The molecule has 0 radical (unpaired) electrons. The summed E-state index contributed by atoms with van der Waals surface area (Å²) < 4.78 is 17.5. The molecule has 0 aliphatic heterocycles. The quantitative estimate of drug-likeness (QED) is 0.355. The van der Waals surface area contributed by atoms with Crippen LogP contribution >= 0.6 is 0 Å². The van der Waals surface area contributed by atoms with E-state index in [-0.39, 0.29) is 24.9 Å². The number of halogens is 1. The molecule has 2 aromatic rings. The van der Waals surface area contributed by atoms with Crippen molar-refractivity contribution in [2.75, 3.05) is 21.3 Å². The predicted octanol–water partition coefficient (Wildman–Crippen LogP) is -1.85. The number of carbonyl (C=O) groups excluding carboxylic acids is 1. The Morgan fingerprint density at radius 3 is 2.20 bits per heavy atom. The Balaban J connectivity index is 0.00000312. The lowest BCUT2D eigenvalue weighted by Gasteiger charge is -2.12. The zero-order chi connectivity index (χ0) is 17.4. The third-order valence-corrected chi connectivity index (χ3v) is 3.19. The van der Waals surface area contributed by atoms with Gasteiger partial charge in [-0.3, -0.25) is 4.79 Å². The van der Waals surface area contributed by atoms with Gasteiger partial charge in [0.2, 0.25) is 12.3 Å². The van der Waals surface area contributed by atoms with Crippen LogP contribution in [0.15, 0.2) is 47.8 Å². The lowest BCUT2D eigenvalue weighted by molar-refractivity contribution is -0.684. The molecule has 134 valence electrons. The molecule has 1 aromatic heterocycles. The minimum atomic E-state index is -0.227. The van der Waals surface area contributed by atoms with E-state index in [1.807, 2.05) is 30.6 Å². The fourth-order valence-corrected chi connectivity index (χ4v) is 2.10. The number of hydrogen-bond donors (Lipinski definition) is 1. The van der Waals surface area contributed by atoms with E-state index in [0.29, 0.717) is 22.8 Å². The molecule has 0 atom stereocenters. The number of hydrazone groups is 1. The molecule has 1 aromatic carbocycles. The summed E-state index contributed by atoms with van der Waals surface area (Å²) in [6.07, 6.45) is 5.13. The van der Waals surface area contributed by atoms with Gasteiger partial charge in [-0.25, -0.2) is 5.43 Å². The second-order valence-corrected chi connectivity index (χ2v) is 4.80. The van der Waals surface area contributed by atoms with Gasteiger partial charge in [-0.05, 0) is 12.1 Å². The van der Waals surface area contributed by atoms with Crippen molar-refractivity contribution in [3.8, 4) is 17.2 Å². The number of aromatic nitrogens is 1. The standard InChI is InChI=1S/C17H19N3O4.ClH/c1-22-14-9-13(10-15(23-2)17(14)24-3)11-18-19-16(21)12-20-7-5-4-6-8-20;/h4-11H,12H2,1-3H3;1H/b18-11-;. The molecule has 1 N–H and O–H groups in total. The van der Waals surface area contributed by atoms with Crippen LogP contribution in [0.5, 0.6) is 17.2 Å². The molecule has 0 aliphatic carbocycles. The Hall–Kier alpha value is -2.80. The molecule has 0 bridgehead atoms. The van der Waals surface area contributed by atoms with Crippen molar-refractivity contribution in [2.24, 2.45) is 5.10 Å². The van der Waals surface area contributed by atoms with Gasteiger partial charge in [0.15, 0.2) is 23.9 Å². The largest absolute Gasteiger partial charge is 1.00 e. The van der Waals surface area contributed by atoms with Gasteiger partial charge in [0.05, 0.1) is 27.5 Å². The molecular formula is C17H20ClN3O4. The van der Waals surface area contributed by atoms with Crippen molar-refractivity contribution in [1.29, 1.82) is 0 Å². The average Bonchev–Trinajstić information content (AvgIpc) is 2.61. The van der Waals surface area contributed by atoms with E-state index >= 15 is 0 Å². The number of ether oxygens (including phenoxy) is 3. The normalized spacial score (nSPS) is 10.0. The molecule has 0 spiro atoms. The Morgan fingerprint density at radius 2 is 1.68 bits per heavy atom. The van der Waals surface area contributed by atoms with Crippen molar-refractivity contribution in [1.82, 2.24) is 5.43 Å². The minimum absolute atomic E-state index is 0. The van der Waals surface area contributed by atoms with Crippen LogP contribution in [-0.2, 0) is 11.3 Å². The molecular weight excluding hydrogens is 346 g/mol. The molecule has 0 aliphatic rings. The summed E-state index contributed by atoms with van der Waals surface area (Å²) in [7, 11) is 4.61. The van der Waals surface area contributed by atoms with Crippen LogP contribution in [0.2, 0.25) is 0 Å². The van der Waals surface area contributed by atoms with Gasteiger partial charge in [-0.1, -0.05) is 6.07 Å². The first-order valence-corrected chi connectivity index (χ1v) is 7.24. The molecule has 1 heterocycles. The highest BCUT2D eigenvalue weighted by atomic mass is 35.5. The summed E-state index contributed by atoms with van der Waals surface area (Å²) >= 11 is 0. The molecule has 2 rings (SSSR count). The number of pyridine rings is 1. The van der Waals surface area contributed by atoms with E-state index in [4.69, 9.17) is 14.2 Å². The molecule has 25 heavy (non-hydrogen) atoms. The highest BCUT2D eigenvalue weighted by Crippen LogP contribution is 2.37. The summed E-state index contributed by atoms with van der Waals surface area (Å²) in [4.78, 5) is 11.8. The average molecular weight is 366 g/mol. The van der Waals surface area contributed by atoms with Crippen molar-refractivity contribution in [2.45, 2.75) is 6.54 Å². The van der Waals surface area contributed by atoms with Crippen LogP contribution in [0, 0.1) is 0 Å². The van der Waals surface area contributed by atoms with E-state index < -0.39 is 0 Å². The molecule has 0 unspecified atom stereocenters. The Kier molecular flexibility index (Phi) is 8.22. The molecule has 7 nitrogen and oxygen atoms in total. The number of amides is 1. The highest BCUT2D eigenvalue weighted by Gasteiger charge is 2.12. The smallest absolute Gasteiger partial charge is 0.305 e. The Bertz CT molecular complexity index is 698.